The average Bonchev–Trinajstić information content (AvgIpc) is 2.39. The molecule has 0 aliphatic carbocycles. The lowest BCUT2D eigenvalue weighted by atomic mass is 10.1. The molecule has 120 valence electrons. The van der Waals surface area contributed by atoms with E-state index in [1.54, 1.807) is 19.1 Å². The van der Waals surface area contributed by atoms with Crippen LogP contribution in [0.4, 0.5) is 4.39 Å². The molecule has 0 radical (unpaired) electrons. The molecule has 3 nitrogen and oxygen atoms in total. The average molecular weight is 407 g/mol. The Morgan fingerprint density at radius 1 is 1.29 bits per heavy atom. The summed E-state index contributed by atoms with van der Waals surface area (Å²) in [6.45, 7) is 11.5. The molecule has 0 saturated heterocycles. The molecule has 0 heterocycles. The first-order valence-electron chi connectivity index (χ1n) is 7.24. The SMILES string of the molecule is CCNC(=NCc1ccc(C)c(F)c1)NC(C)C(C)C.I. The minimum Gasteiger partial charge on any atom is -0.357 e. The standard InChI is InChI=1S/C16H26FN3.HI/c1-6-18-16(20-13(5)11(2)3)19-10-14-8-7-12(4)15(17)9-14;/h7-9,11,13H,6,10H2,1-5H3,(H2,18,19,20);1H. The molecule has 1 aromatic rings. The molecule has 2 N–H and O–H groups in total. The maximum atomic E-state index is 13.5. The van der Waals surface area contributed by atoms with Gasteiger partial charge in [-0.3, -0.25) is 0 Å². The Morgan fingerprint density at radius 2 is 1.95 bits per heavy atom. The monoisotopic (exact) mass is 407 g/mol. The minimum atomic E-state index is -0.175. The second kappa shape index (κ2) is 9.97. The largest absolute Gasteiger partial charge is 0.357 e. The summed E-state index contributed by atoms with van der Waals surface area (Å²) in [5.74, 6) is 1.12. The molecule has 1 rings (SSSR count). The van der Waals surface area contributed by atoms with Crippen LogP contribution in [0.5, 0.6) is 0 Å². The molecule has 0 aliphatic heterocycles. The van der Waals surface area contributed by atoms with Gasteiger partial charge < -0.3 is 10.6 Å². The van der Waals surface area contributed by atoms with Crippen LogP contribution in [0.15, 0.2) is 23.2 Å². The number of nitrogens with one attached hydrogen (secondary N) is 2. The molecular formula is C16H27FIN3. The van der Waals surface area contributed by atoms with Crippen molar-refractivity contribution in [2.75, 3.05) is 6.54 Å². The fourth-order valence-electron chi connectivity index (χ4n) is 1.61. The number of aryl methyl sites for hydroxylation is 1. The van der Waals surface area contributed by atoms with Crippen molar-refractivity contribution in [3.8, 4) is 0 Å². The fourth-order valence-corrected chi connectivity index (χ4v) is 1.61. The lowest BCUT2D eigenvalue weighted by Gasteiger charge is -2.20. The fraction of sp³-hybridized carbons (Fsp3) is 0.562. The molecule has 0 spiro atoms. The number of aliphatic imine (C=N–C) groups is 1. The minimum absolute atomic E-state index is 0. The van der Waals surface area contributed by atoms with E-state index in [4.69, 9.17) is 0 Å². The Morgan fingerprint density at radius 3 is 2.48 bits per heavy atom. The molecule has 0 bridgehead atoms. The first-order chi connectivity index (χ1) is 9.43. The van der Waals surface area contributed by atoms with Gasteiger partial charge in [0.25, 0.3) is 0 Å². The highest BCUT2D eigenvalue weighted by molar-refractivity contribution is 14.0. The van der Waals surface area contributed by atoms with Crippen LogP contribution in [0.3, 0.4) is 0 Å². The van der Waals surface area contributed by atoms with Gasteiger partial charge in [-0.1, -0.05) is 26.0 Å². The Balaban J connectivity index is 0.00000400. The summed E-state index contributed by atoms with van der Waals surface area (Å²) in [6.07, 6.45) is 0. The van der Waals surface area contributed by atoms with Crippen LogP contribution in [0, 0.1) is 18.7 Å². The summed E-state index contributed by atoms with van der Waals surface area (Å²) >= 11 is 0. The maximum absolute atomic E-state index is 13.5. The molecule has 0 aromatic heterocycles. The molecule has 1 unspecified atom stereocenters. The van der Waals surface area contributed by atoms with Gasteiger partial charge in [-0.2, -0.15) is 0 Å². The quantitative estimate of drug-likeness (QED) is 0.442. The number of hydrogen-bond donors (Lipinski definition) is 2. The van der Waals surface area contributed by atoms with Gasteiger partial charge in [0.15, 0.2) is 5.96 Å². The van der Waals surface area contributed by atoms with E-state index in [0.29, 0.717) is 24.1 Å². The first-order valence-corrected chi connectivity index (χ1v) is 7.24. The predicted molar refractivity (Wildman–Crippen MR) is 98.8 cm³/mol. The van der Waals surface area contributed by atoms with Crippen molar-refractivity contribution in [2.24, 2.45) is 10.9 Å². The zero-order valence-electron chi connectivity index (χ0n) is 13.5. The van der Waals surface area contributed by atoms with Crippen LogP contribution in [0.1, 0.15) is 38.8 Å². The van der Waals surface area contributed by atoms with Crippen molar-refractivity contribution in [1.29, 1.82) is 0 Å². The van der Waals surface area contributed by atoms with E-state index < -0.39 is 0 Å². The number of rotatable bonds is 5. The van der Waals surface area contributed by atoms with Crippen molar-refractivity contribution in [3.05, 3.63) is 35.1 Å². The topological polar surface area (TPSA) is 36.4 Å². The molecule has 1 aromatic carbocycles. The summed E-state index contributed by atoms with van der Waals surface area (Å²) < 4.78 is 13.5. The smallest absolute Gasteiger partial charge is 0.191 e. The van der Waals surface area contributed by atoms with Gasteiger partial charge >= 0.3 is 0 Å². The Labute approximate surface area is 144 Å². The van der Waals surface area contributed by atoms with Crippen LogP contribution >= 0.6 is 24.0 Å². The molecule has 0 aliphatic rings. The second-order valence-corrected chi connectivity index (χ2v) is 5.46. The van der Waals surface area contributed by atoms with Crippen LogP contribution < -0.4 is 10.6 Å². The van der Waals surface area contributed by atoms with E-state index in [1.807, 2.05) is 13.0 Å². The van der Waals surface area contributed by atoms with Crippen molar-refractivity contribution in [3.63, 3.8) is 0 Å². The van der Waals surface area contributed by atoms with E-state index in [-0.39, 0.29) is 29.8 Å². The number of benzene rings is 1. The highest BCUT2D eigenvalue weighted by Gasteiger charge is 2.08. The van der Waals surface area contributed by atoms with E-state index in [2.05, 4.69) is 36.4 Å². The van der Waals surface area contributed by atoms with Gasteiger partial charge in [0.1, 0.15) is 5.82 Å². The number of nitrogens with zero attached hydrogens (tertiary/aromatic N) is 1. The third-order valence-electron chi connectivity index (χ3n) is 3.36. The summed E-state index contributed by atoms with van der Waals surface area (Å²) in [6, 6.07) is 5.59. The molecular weight excluding hydrogens is 380 g/mol. The Bertz CT molecular complexity index is 461. The molecule has 21 heavy (non-hydrogen) atoms. The van der Waals surface area contributed by atoms with Gasteiger partial charge in [-0.05, 0) is 43.9 Å². The van der Waals surface area contributed by atoms with Gasteiger partial charge in [0.05, 0.1) is 6.54 Å². The number of halogens is 2. The third-order valence-corrected chi connectivity index (χ3v) is 3.36. The lowest BCUT2D eigenvalue weighted by Crippen LogP contribution is -2.44. The third kappa shape index (κ3) is 7.11. The van der Waals surface area contributed by atoms with Crippen LogP contribution in [0.2, 0.25) is 0 Å². The van der Waals surface area contributed by atoms with Crippen molar-refractivity contribution in [2.45, 2.75) is 47.2 Å². The maximum Gasteiger partial charge on any atom is 0.191 e. The van der Waals surface area contributed by atoms with Gasteiger partial charge in [-0.25, -0.2) is 9.38 Å². The van der Waals surface area contributed by atoms with E-state index in [1.165, 1.54) is 0 Å². The zero-order valence-corrected chi connectivity index (χ0v) is 15.9. The summed E-state index contributed by atoms with van der Waals surface area (Å²) in [7, 11) is 0. The highest BCUT2D eigenvalue weighted by Crippen LogP contribution is 2.10. The highest BCUT2D eigenvalue weighted by atomic mass is 127. The Hall–Kier alpha value is -0.850. The van der Waals surface area contributed by atoms with Gasteiger partial charge in [0.2, 0.25) is 0 Å². The van der Waals surface area contributed by atoms with Crippen molar-refractivity contribution in [1.82, 2.24) is 10.6 Å². The summed E-state index contributed by atoms with van der Waals surface area (Å²) in [5, 5.41) is 6.57. The van der Waals surface area contributed by atoms with Crippen LogP contribution in [0.25, 0.3) is 0 Å². The molecule has 0 fully saturated rings. The van der Waals surface area contributed by atoms with Gasteiger partial charge in [0, 0.05) is 12.6 Å². The molecule has 1 atom stereocenters. The second-order valence-electron chi connectivity index (χ2n) is 5.46. The lowest BCUT2D eigenvalue weighted by molar-refractivity contribution is 0.481. The van der Waals surface area contributed by atoms with Crippen molar-refractivity contribution >= 4 is 29.9 Å². The number of guanidine groups is 1. The Kier molecular flexibility index (Phi) is 9.57. The molecule has 5 heteroatoms. The van der Waals surface area contributed by atoms with E-state index in [9.17, 15) is 4.39 Å². The van der Waals surface area contributed by atoms with Crippen molar-refractivity contribution < 1.29 is 4.39 Å². The molecule has 0 saturated carbocycles. The van der Waals surface area contributed by atoms with Gasteiger partial charge in [-0.15, -0.1) is 24.0 Å². The summed E-state index contributed by atoms with van der Waals surface area (Å²) in [5.41, 5.74) is 1.54. The van der Waals surface area contributed by atoms with Crippen LogP contribution in [-0.2, 0) is 6.54 Å². The number of hydrogen-bond acceptors (Lipinski definition) is 1. The zero-order chi connectivity index (χ0) is 15.1. The predicted octanol–water partition coefficient (Wildman–Crippen LogP) is 3.85. The van der Waals surface area contributed by atoms with Crippen LogP contribution in [-0.4, -0.2) is 18.5 Å². The summed E-state index contributed by atoms with van der Waals surface area (Å²) in [4.78, 5) is 4.50. The molecule has 0 amide bonds. The normalized spacial score (nSPS) is 12.8. The van der Waals surface area contributed by atoms with E-state index in [0.717, 1.165) is 18.1 Å². The first kappa shape index (κ1) is 20.1. The van der Waals surface area contributed by atoms with E-state index >= 15 is 0 Å².